The second-order valence-corrected chi connectivity index (χ2v) is 8.58. The summed E-state index contributed by atoms with van der Waals surface area (Å²) in [5.41, 5.74) is 5.65. The van der Waals surface area contributed by atoms with E-state index in [1.165, 1.54) is 28.8 Å². The zero-order chi connectivity index (χ0) is 18.9. The van der Waals surface area contributed by atoms with Gasteiger partial charge in [-0.3, -0.25) is 9.88 Å². The fourth-order valence-corrected chi connectivity index (χ4v) is 4.08. The molecule has 0 saturated carbocycles. The van der Waals surface area contributed by atoms with E-state index >= 15 is 0 Å². The summed E-state index contributed by atoms with van der Waals surface area (Å²) in [6, 6.07) is 18.3. The van der Waals surface area contributed by atoms with E-state index in [2.05, 4.69) is 89.9 Å². The van der Waals surface area contributed by atoms with Crippen LogP contribution < -0.4 is 0 Å². The highest BCUT2D eigenvalue weighted by molar-refractivity contribution is 5.34. The Bertz CT molecular complexity index is 872. The van der Waals surface area contributed by atoms with Crippen LogP contribution in [0.2, 0.25) is 0 Å². The summed E-state index contributed by atoms with van der Waals surface area (Å²) in [4.78, 5) is 6.78. The molecule has 3 nitrogen and oxygen atoms in total. The molecule has 140 valence electrons. The Morgan fingerprint density at radius 3 is 2.41 bits per heavy atom. The number of rotatable bonds is 3. The molecule has 1 unspecified atom stereocenters. The summed E-state index contributed by atoms with van der Waals surface area (Å²) >= 11 is 0. The molecule has 0 spiro atoms. The number of hydrogen-bond acceptors (Lipinski definition) is 2. The maximum absolute atomic E-state index is 4.17. The molecule has 0 aliphatic carbocycles. The van der Waals surface area contributed by atoms with Crippen LogP contribution in [-0.4, -0.2) is 21.0 Å². The van der Waals surface area contributed by atoms with Crippen LogP contribution in [0.15, 0.2) is 67.1 Å². The van der Waals surface area contributed by atoms with Gasteiger partial charge in [0.15, 0.2) is 0 Å². The highest BCUT2D eigenvalue weighted by Gasteiger charge is 2.27. The maximum atomic E-state index is 4.17. The van der Waals surface area contributed by atoms with E-state index in [9.17, 15) is 0 Å². The van der Waals surface area contributed by atoms with Crippen molar-refractivity contribution in [3.8, 4) is 0 Å². The first-order valence-electron chi connectivity index (χ1n) is 9.91. The number of aryl methyl sites for hydroxylation is 1. The Morgan fingerprint density at radius 1 is 0.963 bits per heavy atom. The quantitative estimate of drug-likeness (QED) is 0.643. The SMILES string of the molecule is CC(C)(C)c1ccc(C2c3cccn3CCCN2Cc2ccncc2)cc1. The van der Waals surface area contributed by atoms with E-state index in [1.807, 2.05) is 12.4 Å². The predicted molar refractivity (Wildman–Crippen MR) is 111 cm³/mol. The van der Waals surface area contributed by atoms with Gasteiger partial charge in [-0.05, 0) is 52.8 Å². The third-order valence-corrected chi connectivity index (χ3v) is 5.58. The van der Waals surface area contributed by atoms with Crippen LogP contribution in [0, 0.1) is 0 Å². The summed E-state index contributed by atoms with van der Waals surface area (Å²) < 4.78 is 2.43. The molecule has 3 heteroatoms. The van der Waals surface area contributed by atoms with Gasteiger partial charge in [0.05, 0.1) is 6.04 Å². The van der Waals surface area contributed by atoms with Gasteiger partial charge in [0.25, 0.3) is 0 Å². The molecule has 0 bridgehead atoms. The van der Waals surface area contributed by atoms with Gasteiger partial charge in [-0.25, -0.2) is 0 Å². The molecule has 0 saturated heterocycles. The van der Waals surface area contributed by atoms with Gasteiger partial charge in [0, 0.05) is 43.9 Å². The molecule has 2 aromatic heterocycles. The van der Waals surface area contributed by atoms with Crippen LogP contribution in [0.3, 0.4) is 0 Å². The number of nitrogens with zero attached hydrogens (tertiary/aromatic N) is 3. The monoisotopic (exact) mass is 359 g/mol. The molecular formula is C24H29N3. The van der Waals surface area contributed by atoms with Crippen LogP contribution in [0.5, 0.6) is 0 Å². The van der Waals surface area contributed by atoms with Crippen molar-refractivity contribution in [2.45, 2.75) is 51.7 Å². The third-order valence-electron chi connectivity index (χ3n) is 5.58. The van der Waals surface area contributed by atoms with E-state index in [0.717, 1.165) is 19.6 Å². The number of benzene rings is 1. The second-order valence-electron chi connectivity index (χ2n) is 8.58. The van der Waals surface area contributed by atoms with Crippen LogP contribution in [0.4, 0.5) is 0 Å². The third kappa shape index (κ3) is 3.84. The Labute approximate surface area is 162 Å². The normalized spacial score (nSPS) is 18.1. The van der Waals surface area contributed by atoms with Gasteiger partial charge in [-0.1, -0.05) is 45.0 Å². The standard InChI is InChI=1S/C24H29N3/c1-24(2,3)21-9-7-20(8-10-21)23-22-6-4-15-26(22)16-5-17-27(23)18-19-11-13-25-14-12-19/h4,6-15,23H,5,16-18H2,1-3H3. The van der Waals surface area contributed by atoms with Gasteiger partial charge in [0.1, 0.15) is 0 Å². The Balaban J connectivity index is 1.72. The summed E-state index contributed by atoms with van der Waals surface area (Å²) in [5.74, 6) is 0. The van der Waals surface area contributed by atoms with Crippen molar-refractivity contribution >= 4 is 0 Å². The van der Waals surface area contributed by atoms with E-state index in [0.29, 0.717) is 0 Å². The van der Waals surface area contributed by atoms with Crippen LogP contribution in [-0.2, 0) is 18.5 Å². The average molecular weight is 360 g/mol. The Hall–Kier alpha value is -2.39. The lowest BCUT2D eigenvalue weighted by Gasteiger charge is -2.31. The van der Waals surface area contributed by atoms with E-state index in [4.69, 9.17) is 0 Å². The zero-order valence-corrected chi connectivity index (χ0v) is 16.6. The van der Waals surface area contributed by atoms with Crippen LogP contribution in [0.25, 0.3) is 0 Å². The molecule has 3 aromatic rings. The maximum Gasteiger partial charge on any atom is 0.0759 e. The van der Waals surface area contributed by atoms with E-state index in [1.54, 1.807) is 0 Å². The van der Waals surface area contributed by atoms with Crippen molar-refractivity contribution < 1.29 is 0 Å². The second kappa shape index (κ2) is 7.32. The summed E-state index contributed by atoms with van der Waals surface area (Å²) in [6.07, 6.45) is 7.18. The van der Waals surface area contributed by atoms with Crippen molar-refractivity contribution in [2.24, 2.45) is 0 Å². The van der Waals surface area contributed by atoms with Crippen molar-refractivity contribution in [1.29, 1.82) is 0 Å². The fraction of sp³-hybridized carbons (Fsp3) is 0.375. The minimum atomic E-state index is 0.179. The minimum Gasteiger partial charge on any atom is -0.350 e. The van der Waals surface area contributed by atoms with Gasteiger partial charge < -0.3 is 4.57 Å². The molecule has 1 aliphatic heterocycles. The number of aromatic nitrogens is 2. The average Bonchev–Trinajstić information content (AvgIpc) is 3.04. The molecule has 1 atom stereocenters. The first-order chi connectivity index (χ1) is 13.0. The lowest BCUT2D eigenvalue weighted by molar-refractivity contribution is 0.220. The number of pyridine rings is 1. The largest absolute Gasteiger partial charge is 0.350 e. The summed E-state index contributed by atoms with van der Waals surface area (Å²) in [5, 5.41) is 0. The van der Waals surface area contributed by atoms with Crippen molar-refractivity contribution in [3.63, 3.8) is 0 Å². The van der Waals surface area contributed by atoms with Crippen LogP contribution in [0.1, 0.15) is 55.6 Å². The highest BCUT2D eigenvalue weighted by Crippen LogP contribution is 2.34. The van der Waals surface area contributed by atoms with Gasteiger partial charge in [-0.15, -0.1) is 0 Å². The summed E-state index contributed by atoms with van der Waals surface area (Å²) in [7, 11) is 0. The van der Waals surface area contributed by atoms with Crippen molar-refractivity contribution in [3.05, 3.63) is 89.5 Å². The van der Waals surface area contributed by atoms with E-state index < -0.39 is 0 Å². The Morgan fingerprint density at radius 2 is 1.70 bits per heavy atom. The fourth-order valence-electron chi connectivity index (χ4n) is 4.08. The number of fused-ring (bicyclic) bond motifs is 1. The topological polar surface area (TPSA) is 21.1 Å². The minimum absolute atomic E-state index is 0.179. The molecular weight excluding hydrogens is 330 g/mol. The number of hydrogen-bond donors (Lipinski definition) is 0. The highest BCUT2D eigenvalue weighted by atomic mass is 15.2. The lowest BCUT2D eigenvalue weighted by Crippen LogP contribution is -2.29. The zero-order valence-electron chi connectivity index (χ0n) is 16.6. The van der Waals surface area contributed by atoms with Crippen molar-refractivity contribution in [1.82, 2.24) is 14.5 Å². The van der Waals surface area contributed by atoms with Crippen LogP contribution >= 0.6 is 0 Å². The molecule has 1 aliphatic rings. The summed E-state index contributed by atoms with van der Waals surface area (Å²) in [6.45, 7) is 9.94. The predicted octanol–water partition coefficient (Wildman–Crippen LogP) is 5.18. The molecule has 0 fully saturated rings. The molecule has 3 heterocycles. The molecule has 27 heavy (non-hydrogen) atoms. The first-order valence-corrected chi connectivity index (χ1v) is 9.91. The molecule has 4 rings (SSSR count). The molecule has 0 amide bonds. The molecule has 1 aromatic carbocycles. The lowest BCUT2D eigenvalue weighted by atomic mass is 9.86. The Kier molecular flexibility index (Phi) is 4.88. The van der Waals surface area contributed by atoms with Gasteiger partial charge >= 0.3 is 0 Å². The molecule has 0 radical (unpaired) electrons. The van der Waals surface area contributed by atoms with Gasteiger partial charge in [-0.2, -0.15) is 0 Å². The van der Waals surface area contributed by atoms with Crippen molar-refractivity contribution in [2.75, 3.05) is 6.54 Å². The molecule has 0 N–H and O–H groups in total. The van der Waals surface area contributed by atoms with Gasteiger partial charge in [0.2, 0.25) is 0 Å². The smallest absolute Gasteiger partial charge is 0.0759 e. The van der Waals surface area contributed by atoms with E-state index in [-0.39, 0.29) is 11.5 Å². The first kappa shape index (κ1) is 18.0.